The van der Waals surface area contributed by atoms with E-state index in [2.05, 4.69) is 0 Å². The Morgan fingerprint density at radius 1 is 1.50 bits per heavy atom. The average Bonchev–Trinajstić information content (AvgIpc) is 2.04. The Morgan fingerprint density at radius 3 is 2.50 bits per heavy atom. The highest BCUT2D eigenvalue weighted by Gasteiger charge is 2.19. The van der Waals surface area contributed by atoms with E-state index in [0.717, 1.165) is 12.8 Å². The van der Waals surface area contributed by atoms with Crippen molar-refractivity contribution >= 4 is 5.78 Å². The predicted octanol–water partition coefficient (Wildman–Crippen LogP) is 0.701. The number of aliphatic hydroxyl groups excluding tert-OH is 1. The highest BCUT2D eigenvalue weighted by Crippen LogP contribution is 2.10. The highest BCUT2D eigenvalue weighted by molar-refractivity contribution is 5.84. The largest absolute Gasteiger partial charge is 0.385 e. The van der Waals surface area contributed by atoms with E-state index in [9.17, 15) is 9.90 Å². The third-order valence-electron chi connectivity index (χ3n) is 1.98. The summed E-state index contributed by atoms with van der Waals surface area (Å²) in [5.74, 6) is -0.0983. The maximum Gasteiger partial charge on any atom is 0.164 e. The molecular weight excluding hydrogens is 154 g/mol. The van der Waals surface area contributed by atoms with E-state index in [1.165, 1.54) is 0 Å². The molecule has 0 aliphatic rings. The van der Waals surface area contributed by atoms with Crippen LogP contribution in [0.4, 0.5) is 0 Å². The van der Waals surface area contributed by atoms with Gasteiger partial charge in [0.2, 0.25) is 0 Å². The van der Waals surface area contributed by atoms with Crippen LogP contribution in [0.5, 0.6) is 0 Å². The van der Waals surface area contributed by atoms with Gasteiger partial charge in [-0.25, -0.2) is 0 Å². The minimum absolute atomic E-state index is 0.0310. The van der Waals surface area contributed by atoms with Gasteiger partial charge in [0.1, 0.15) is 6.10 Å². The van der Waals surface area contributed by atoms with Crippen LogP contribution in [-0.4, -0.2) is 23.5 Å². The van der Waals surface area contributed by atoms with Crippen LogP contribution in [0.15, 0.2) is 0 Å². The second kappa shape index (κ2) is 6.14. The number of aliphatic hydroxyl groups is 1. The summed E-state index contributed by atoms with van der Waals surface area (Å²) < 4.78 is 0. The predicted molar refractivity (Wildman–Crippen MR) is 48.8 cm³/mol. The Bertz CT molecular complexity index is 122. The van der Waals surface area contributed by atoms with E-state index in [1.807, 2.05) is 13.8 Å². The van der Waals surface area contributed by atoms with Crippen molar-refractivity contribution in [2.75, 3.05) is 6.54 Å². The molecule has 0 aliphatic heterocycles. The molecule has 0 aromatic heterocycles. The third kappa shape index (κ3) is 3.83. The standard InChI is InChI=1S/C9H19NO2/c1-3-4-7(2)9(12)8(11)5-6-10/h7-8,11H,3-6,10H2,1-2H3. The summed E-state index contributed by atoms with van der Waals surface area (Å²) in [6.45, 7) is 4.25. The van der Waals surface area contributed by atoms with Crippen molar-refractivity contribution in [1.29, 1.82) is 0 Å². The Labute approximate surface area is 74.0 Å². The van der Waals surface area contributed by atoms with Crippen molar-refractivity contribution in [3.8, 4) is 0 Å². The van der Waals surface area contributed by atoms with Crippen molar-refractivity contribution < 1.29 is 9.90 Å². The molecule has 0 amide bonds. The van der Waals surface area contributed by atoms with Gasteiger partial charge in [0.05, 0.1) is 0 Å². The van der Waals surface area contributed by atoms with Gasteiger partial charge in [-0.3, -0.25) is 4.79 Å². The number of carbonyl (C=O) groups is 1. The maximum absolute atomic E-state index is 11.3. The molecular formula is C9H19NO2. The first-order chi connectivity index (χ1) is 5.63. The number of carbonyl (C=O) groups excluding carboxylic acids is 1. The van der Waals surface area contributed by atoms with Gasteiger partial charge in [0, 0.05) is 5.92 Å². The Hall–Kier alpha value is -0.410. The van der Waals surface area contributed by atoms with E-state index in [-0.39, 0.29) is 11.7 Å². The number of hydrogen-bond acceptors (Lipinski definition) is 3. The molecule has 3 heteroatoms. The lowest BCUT2D eigenvalue weighted by Crippen LogP contribution is -2.28. The fourth-order valence-electron chi connectivity index (χ4n) is 1.20. The molecule has 2 atom stereocenters. The van der Waals surface area contributed by atoms with Crippen molar-refractivity contribution in [1.82, 2.24) is 0 Å². The molecule has 72 valence electrons. The summed E-state index contributed by atoms with van der Waals surface area (Å²) in [6, 6.07) is 0. The lowest BCUT2D eigenvalue weighted by Gasteiger charge is -2.13. The van der Waals surface area contributed by atoms with Gasteiger partial charge >= 0.3 is 0 Å². The second-order valence-electron chi connectivity index (χ2n) is 3.19. The molecule has 0 aromatic carbocycles. The quantitative estimate of drug-likeness (QED) is 0.621. The van der Waals surface area contributed by atoms with Crippen LogP contribution >= 0.6 is 0 Å². The third-order valence-corrected chi connectivity index (χ3v) is 1.98. The number of Topliss-reactive ketones (excluding diaryl/α,β-unsaturated/α-hetero) is 1. The average molecular weight is 173 g/mol. The lowest BCUT2D eigenvalue weighted by atomic mass is 9.96. The molecule has 0 aromatic rings. The molecule has 3 nitrogen and oxygen atoms in total. The van der Waals surface area contributed by atoms with Crippen molar-refractivity contribution in [3.63, 3.8) is 0 Å². The van der Waals surface area contributed by atoms with Crippen LogP contribution in [0.3, 0.4) is 0 Å². The van der Waals surface area contributed by atoms with E-state index >= 15 is 0 Å². The molecule has 0 heterocycles. The Morgan fingerprint density at radius 2 is 2.08 bits per heavy atom. The maximum atomic E-state index is 11.3. The smallest absolute Gasteiger partial charge is 0.164 e. The minimum Gasteiger partial charge on any atom is -0.385 e. The summed E-state index contributed by atoms with van der Waals surface area (Å²) in [6.07, 6.45) is 1.35. The molecule has 2 unspecified atom stereocenters. The fourth-order valence-corrected chi connectivity index (χ4v) is 1.20. The van der Waals surface area contributed by atoms with Crippen molar-refractivity contribution in [2.45, 2.75) is 39.2 Å². The second-order valence-corrected chi connectivity index (χ2v) is 3.19. The van der Waals surface area contributed by atoms with Crippen molar-refractivity contribution in [3.05, 3.63) is 0 Å². The molecule has 0 spiro atoms. The van der Waals surface area contributed by atoms with Gasteiger partial charge in [-0.1, -0.05) is 20.3 Å². The monoisotopic (exact) mass is 173 g/mol. The van der Waals surface area contributed by atoms with Gasteiger partial charge in [-0.05, 0) is 19.4 Å². The summed E-state index contributed by atoms with van der Waals surface area (Å²) in [4.78, 5) is 11.3. The molecule has 0 aliphatic carbocycles. The lowest BCUT2D eigenvalue weighted by molar-refractivity contribution is -0.131. The zero-order valence-electron chi connectivity index (χ0n) is 7.92. The first-order valence-electron chi connectivity index (χ1n) is 4.55. The topological polar surface area (TPSA) is 63.3 Å². The van der Waals surface area contributed by atoms with Gasteiger partial charge < -0.3 is 10.8 Å². The first-order valence-corrected chi connectivity index (χ1v) is 4.55. The van der Waals surface area contributed by atoms with Crippen LogP contribution in [0, 0.1) is 5.92 Å². The summed E-state index contributed by atoms with van der Waals surface area (Å²) in [5.41, 5.74) is 5.23. The minimum atomic E-state index is -0.850. The van der Waals surface area contributed by atoms with Gasteiger partial charge in [-0.2, -0.15) is 0 Å². The van der Waals surface area contributed by atoms with Crippen LogP contribution in [0.2, 0.25) is 0 Å². The molecule has 0 fully saturated rings. The Kier molecular flexibility index (Phi) is 5.93. The normalized spacial score (nSPS) is 15.7. The van der Waals surface area contributed by atoms with Crippen LogP contribution < -0.4 is 5.73 Å². The molecule has 12 heavy (non-hydrogen) atoms. The molecule has 3 N–H and O–H groups in total. The zero-order chi connectivity index (χ0) is 9.56. The van der Waals surface area contributed by atoms with E-state index < -0.39 is 6.10 Å². The molecule has 0 saturated carbocycles. The SMILES string of the molecule is CCCC(C)C(=O)C(O)CCN. The highest BCUT2D eigenvalue weighted by atomic mass is 16.3. The van der Waals surface area contributed by atoms with Crippen molar-refractivity contribution in [2.24, 2.45) is 11.7 Å². The van der Waals surface area contributed by atoms with Crippen LogP contribution in [0.1, 0.15) is 33.1 Å². The molecule has 0 radical (unpaired) electrons. The molecule has 0 saturated heterocycles. The van der Waals surface area contributed by atoms with E-state index in [4.69, 9.17) is 5.73 Å². The molecule has 0 rings (SSSR count). The summed E-state index contributed by atoms with van der Waals surface area (Å²) in [5, 5.41) is 9.29. The molecule has 0 bridgehead atoms. The number of ketones is 1. The van der Waals surface area contributed by atoms with Gasteiger partial charge in [0.15, 0.2) is 5.78 Å². The van der Waals surface area contributed by atoms with E-state index in [0.29, 0.717) is 13.0 Å². The van der Waals surface area contributed by atoms with E-state index in [1.54, 1.807) is 0 Å². The summed E-state index contributed by atoms with van der Waals surface area (Å²) >= 11 is 0. The van der Waals surface area contributed by atoms with Gasteiger partial charge in [-0.15, -0.1) is 0 Å². The Balaban J connectivity index is 3.82. The van der Waals surface area contributed by atoms with Gasteiger partial charge in [0.25, 0.3) is 0 Å². The number of nitrogens with two attached hydrogens (primary N) is 1. The number of hydrogen-bond donors (Lipinski definition) is 2. The number of rotatable bonds is 6. The fraction of sp³-hybridized carbons (Fsp3) is 0.889. The van der Waals surface area contributed by atoms with Crippen LogP contribution in [-0.2, 0) is 4.79 Å². The first kappa shape index (κ1) is 11.6. The van der Waals surface area contributed by atoms with Crippen LogP contribution in [0.25, 0.3) is 0 Å². The summed E-state index contributed by atoms with van der Waals surface area (Å²) in [7, 11) is 0. The zero-order valence-corrected chi connectivity index (χ0v) is 7.92.